The molecule has 3 atom stereocenters. The molecule has 0 radical (unpaired) electrons. The number of methoxy groups -OCH3 is 1. The number of thioether (sulfide) groups is 1. The molecule has 1 unspecified atom stereocenters. The van der Waals surface area contributed by atoms with E-state index in [2.05, 4.69) is 9.88 Å². The first-order valence-corrected chi connectivity index (χ1v) is 13.5. The lowest BCUT2D eigenvalue weighted by atomic mass is 9.81. The fraction of sp³-hybridized carbons (Fsp3) is 0.464. The lowest BCUT2D eigenvalue weighted by Gasteiger charge is -2.38. The maximum atomic E-state index is 13.8. The Bertz CT molecular complexity index is 1150. The zero-order valence-corrected chi connectivity index (χ0v) is 21.4. The third-order valence-electron chi connectivity index (χ3n) is 7.13. The minimum Gasteiger partial charge on any atom is -0.497 e. The summed E-state index contributed by atoms with van der Waals surface area (Å²) in [5.74, 6) is 1.14. The monoisotopic (exact) mass is 516 g/mol. The van der Waals surface area contributed by atoms with Gasteiger partial charge in [0.2, 0.25) is 0 Å². The van der Waals surface area contributed by atoms with Crippen molar-refractivity contribution < 1.29 is 23.7 Å². The van der Waals surface area contributed by atoms with E-state index in [0.29, 0.717) is 23.0 Å². The molecular formula is C28H34F2N2O3S. The molecule has 1 aromatic heterocycles. The molecule has 4 rings (SSSR count). The average Bonchev–Trinajstić information content (AvgIpc) is 2.91. The number of nitrogens with zero attached hydrogens (tertiary/aromatic N) is 2. The van der Waals surface area contributed by atoms with Gasteiger partial charge in [-0.25, -0.2) is 8.78 Å². The Morgan fingerprint density at radius 3 is 2.83 bits per heavy atom. The number of aliphatic hydroxyl groups is 2. The van der Waals surface area contributed by atoms with Crippen molar-refractivity contribution in [2.24, 2.45) is 11.8 Å². The van der Waals surface area contributed by atoms with E-state index in [4.69, 9.17) is 4.74 Å². The number of halogens is 2. The molecule has 0 spiro atoms. The van der Waals surface area contributed by atoms with E-state index in [1.54, 1.807) is 13.3 Å². The molecule has 0 bridgehead atoms. The Morgan fingerprint density at radius 2 is 2.03 bits per heavy atom. The fourth-order valence-corrected chi connectivity index (χ4v) is 5.99. The molecule has 0 saturated carbocycles. The third kappa shape index (κ3) is 6.73. The average molecular weight is 517 g/mol. The van der Waals surface area contributed by atoms with E-state index < -0.39 is 11.9 Å². The van der Waals surface area contributed by atoms with Crippen LogP contribution in [0, 0.1) is 23.5 Å². The summed E-state index contributed by atoms with van der Waals surface area (Å²) in [4.78, 5) is 7.09. The lowest BCUT2D eigenvalue weighted by Crippen LogP contribution is -2.42. The van der Waals surface area contributed by atoms with Gasteiger partial charge < -0.3 is 19.8 Å². The number of rotatable bonds is 11. The molecule has 0 amide bonds. The molecule has 1 aliphatic rings. The Morgan fingerprint density at radius 1 is 1.17 bits per heavy atom. The van der Waals surface area contributed by atoms with Crippen molar-refractivity contribution in [1.29, 1.82) is 0 Å². The van der Waals surface area contributed by atoms with Gasteiger partial charge in [0, 0.05) is 29.6 Å². The highest BCUT2D eigenvalue weighted by Crippen LogP contribution is 2.33. The SMILES string of the molecule is COc1ccc2nccc(C(O)CC[C@@H]3CCN(CCCSc4cc(F)ccc4F)C[C@@H]3CO)c2c1. The van der Waals surface area contributed by atoms with Crippen LogP contribution in [0.15, 0.2) is 53.6 Å². The fourth-order valence-electron chi connectivity index (χ4n) is 5.10. The second kappa shape index (κ2) is 12.8. The molecule has 1 saturated heterocycles. The maximum Gasteiger partial charge on any atom is 0.136 e. The summed E-state index contributed by atoms with van der Waals surface area (Å²) >= 11 is 1.34. The van der Waals surface area contributed by atoms with E-state index in [9.17, 15) is 19.0 Å². The highest BCUT2D eigenvalue weighted by atomic mass is 32.2. The number of hydrogen-bond acceptors (Lipinski definition) is 6. The van der Waals surface area contributed by atoms with Gasteiger partial charge in [0.25, 0.3) is 0 Å². The van der Waals surface area contributed by atoms with E-state index in [-0.39, 0.29) is 18.3 Å². The quantitative estimate of drug-likeness (QED) is 0.261. The van der Waals surface area contributed by atoms with Crippen LogP contribution in [0.1, 0.15) is 37.4 Å². The van der Waals surface area contributed by atoms with Gasteiger partial charge in [-0.2, -0.15) is 0 Å². The van der Waals surface area contributed by atoms with Crippen LogP contribution in [0.3, 0.4) is 0 Å². The molecule has 2 N–H and O–H groups in total. The molecule has 36 heavy (non-hydrogen) atoms. The summed E-state index contributed by atoms with van der Waals surface area (Å²) in [5.41, 5.74) is 1.68. The van der Waals surface area contributed by atoms with Crippen LogP contribution in [0.2, 0.25) is 0 Å². The van der Waals surface area contributed by atoms with Gasteiger partial charge in [-0.3, -0.25) is 4.98 Å². The van der Waals surface area contributed by atoms with Crippen LogP contribution in [0.4, 0.5) is 8.78 Å². The number of benzene rings is 2. The number of piperidine rings is 1. The van der Waals surface area contributed by atoms with Crippen LogP contribution in [-0.4, -0.2) is 59.2 Å². The largest absolute Gasteiger partial charge is 0.497 e. The number of fused-ring (bicyclic) bond motifs is 1. The molecule has 3 aromatic rings. The van der Waals surface area contributed by atoms with Gasteiger partial charge in [-0.15, -0.1) is 11.8 Å². The second-order valence-corrected chi connectivity index (χ2v) is 10.6. The van der Waals surface area contributed by atoms with Gasteiger partial charge in [0.15, 0.2) is 0 Å². The Hall–Kier alpha value is -2.26. The molecule has 0 aliphatic carbocycles. The highest BCUT2D eigenvalue weighted by molar-refractivity contribution is 7.99. The van der Waals surface area contributed by atoms with Gasteiger partial charge in [0.05, 0.1) is 18.7 Å². The third-order valence-corrected chi connectivity index (χ3v) is 8.25. The van der Waals surface area contributed by atoms with Gasteiger partial charge in [-0.1, -0.05) is 0 Å². The summed E-state index contributed by atoms with van der Waals surface area (Å²) in [6.45, 7) is 2.73. The zero-order valence-electron chi connectivity index (χ0n) is 20.6. The predicted octanol–water partition coefficient (Wildman–Crippen LogP) is 5.45. The van der Waals surface area contributed by atoms with Crippen molar-refractivity contribution in [3.63, 3.8) is 0 Å². The summed E-state index contributed by atoms with van der Waals surface area (Å²) in [6, 6.07) is 11.1. The van der Waals surface area contributed by atoms with Crippen LogP contribution in [0.25, 0.3) is 10.9 Å². The lowest BCUT2D eigenvalue weighted by molar-refractivity contribution is 0.0581. The van der Waals surface area contributed by atoms with Crippen molar-refractivity contribution in [3.8, 4) is 5.75 Å². The van der Waals surface area contributed by atoms with Crippen molar-refractivity contribution in [2.45, 2.75) is 36.7 Å². The molecule has 5 nitrogen and oxygen atoms in total. The van der Waals surface area contributed by atoms with Crippen molar-refractivity contribution in [2.75, 3.05) is 39.1 Å². The summed E-state index contributed by atoms with van der Waals surface area (Å²) in [5, 5.41) is 21.9. The normalized spacial score (nSPS) is 19.5. The topological polar surface area (TPSA) is 65.8 Å². The summed E-state index contributed by atoms with van der Waals surface area (Å²) in [7, 11) is 1.62. The minimum absolute atomic E-state index is 0.121. The minimum atomic E-state index is -0.611. The number of hydrogen-bond donors (Lipinski definition) is 2. The number of ether oxygens (including phenoxy) is 1. The highest BCUT2D eigenvalue weighted by Gasteiger charge is 2.29. The molecule has 194 valence electrons. The van der Waals surface area contributed by atoms with Crippen molar-refractivity contribution in [1.82, 2.24) is 9.88 Å². The summed E-state index contributed by atoms with van der Waals surface area (Å²) < 4.78 is 32.5. The zero-order chi connectivity index (χ0) is 25.5. The van der Waals surface area contributed by atoms with Crippen LogP contribution in [-0.2, 0) is 0 Å². The Balaban J connectivity index is 1.26. The van der Waals surface area contributed by atoms with Crippen molar-refractivity contribution >= 4 is 22.7 Å². The standard InChI is InChI=1S/C28H34F2N2O3S/c1-35-22-5-7-26-24(16-22)23(9-11-31-26)27(34)8-3-19-10-13-32(17-20(19)18-33)12-2-14-36-28-15-21(29)4-6-25(28)30/h4-7,9,11,15-16,19-20,27,33-34H,2-3,8,10,12-14,17-18H2,1H3/t19-,20-,27?/m1/s1. The van der Waals surface area contributed by atoms with Crippen LogP contribution < -0.4 is 4.74 Å². The smallest absolute Gasteiger partial charge is 0.136 e. The van der Waals surface area contributed by atoms with Gasteiger partial charge >= 0.3 is 0 Å². The first kappa shape index (κ1) is 26.8. The second-order valence-electron chi connectivity index (χ2n) is 9.45. The maximum absolute atomic E-state index is 13.8. The van der Waals surface area contributed by atoms with Gasteiger partial charge in [0.1, 0.15) is 17.4 Å². The molecule has 2 aromatic carbocycles. The molecule has 1 fully saturated rings. The number of aromatic nitrogens is 1. The predicted molar refractivity (Wildman–Crippen MR) is 139 cm³/mol. The van der Waals surface area contributed by atoms with E-state index in [1.165, 1.54) is 23.9 Å². The Labute approximate surface area is 215 Å². The summed E-state index contributed by atoms with van der Waals surface area (Å²) in [6.07, 6.45) is 4.40. The van der Waals surface area contributed by atoms with Crippen LogP contribution >= 0.6 is 11.8 Å². The molecule has 1 aliphatic heterocycles. The van der Waals surface area contributed by atoms with Crippen molar-refractivity contribution in [3.05, 3.63) is 65.9 Å². The number of aliphatic hydroxyl groups excluding tert-OH is 2. The van der Waals surface area contributed by atoms with E-state index in [0.717, 1.165) is 67.2 Å². The first-order chi connectivity index (χ1) is 17.5. The number of likely N-dealkylation sites (tertiary alicyclic amines) is 1. The Kier molecular flexibility index (Phi) is 9.53. The molecule has 8 heteroatoms. The van der Waals surface area contributed by atoms with E-state index >= 15 is 0 Å². The van der Waals surface area contributed by atoms with E-state index in [1.807, 2.05) is 24.3 Å². The van der Waals surface area contributed by atoms with Gasteiger partial charge in [-0.05, 0) is 104 Å². The molecular weight excluding hydrogens is 482 g/mol. The first-order valence-electron chi connectivity index (χ1n) is 12.5. The van der Waals surface area contributed by atoms with Crippen LogP contribution in [0.5, 0.6) is 5.75 Å². The molecule has 2 heterocycles. The number of pyridine rings is 1.